The van der Waals surface area contributed by atoms with Gasteiger partial charge in [-0.15, -0.1) is 0 Å². The van der Waals surface area contributed by atoms with Crippen LogP contribution in [-0.4, -0.2) is 94.5 Å². The molecule has 1 fully saturated rings. The summed E-state index contributed by atoms with van der Waals surface area (Å²) >= 11 is 1.05. The lowest BCUT2D eigenvalue weighted by atomic mass is 9.98. The van der Waals surface area contributed by atoms with Gasteiger partial charge in [-0.1, -0.05) is 0 Å². The highest BCUT2D eigenvalue weighted by Crippen LogP contribution is 2.29. The predicted octanol–water partition coefficient (Wildman–Crippen LogP) is 1.81. The number of fused-ring (bicyclic) bond motifs is 1. The summed E-state index contributed by atoms with van der Waals surface area (Å²) in [6, 6.07) is 5.38. The van der Waals surface area contributed by atoms with Crippen molar-refractivity contribution in [2.45, 2.75) is 6.92 Å². The van der Waals surface area contributed by atoms with E-state index in [4.69, 9.17) is 9.47 Å². The summed E-state index contributed by atoms with van der Waals surface area (Å²) in [5.41, 5.74) is 0.760. The van der Waals surface area contributed by atoms with Crippen LogP contribution >= 0.6 is 11.5 Å². The Labute approximate surface area is 244 Å². The number of carbonyl (C=O) groups excluding carboxylic acids is 1. The van der Waals surface area contributed by atoms with Crippen LogP contribution in [0.3, 0.4) is 0 Å². The Bertz CT molecular complexity index is 1640. The fourth-order valence-electron chi connectivity index (χ4n) is 4.53. The number of hydrogen-bond acceptors (Lipinski definition) is 12. The number of carbonyl (C=O) groups is 2. The third kappa shape index (κ3) is 6.07. The van der Waals surface area contributed by atoms with Gasteiger partial charge < -0.3 is 29.7 Å². The van der Waals surface area contributed by atoms with Gasteiger partial charge in [-0.3, -0.25) is 14.2 Å². The second-order valence-corrected chi connectivity index (χ2v) is 10.5. The van der Waals surface area contributed by atoms with Gasteiger partial charge in [0.15, 0.2) is 5.65 Å². The number of pyridine rings is 3. The van der Waals surface area contributed by atoms with Crippen molar-refractivity contribution in [3.63, 3.8) is 0 Å². The molecule has 42 heavy (non-hydrogen) atoms. The van der Waals surface area contributed by atoms with Crippen LogP contribution in [-0.2, 0) is 14.3 Å². The second kappa shape index (κ2) is 12.6. The van der Waals surface area contributed by atoms with E-state index in [-0.39, 0.29) is 28.4 Å². The molecular formula is C27H30N8O6S. The van der Waals surface area contributed by atoms with Gasteiger partial charge in [-0.2, -0.15) is 4.37 Å². The average molecular weight is 595 g/mol. The fourth-order valence-corrected chi connectivity index (χ4v) is 5.04. The number of rotatable bonds is 12. The number of carboxylic acids is 1. The van der Waals surface area contributed by atoms with Crippen LogP contribution in [0.5, 0.6) is 0 Å². The van der Waals surface area contributed by atoms with Gasteiger partial charge >= 0.3 is 5.97 Å². The van der Waals surface area contributed by atoms with Gasteiger partial charge in [-0.25, -0.2) is 19.7 Å². The van der Waals surface area contributed by atoms with Gasteiger partial charge in [0, 0.05) is 51.5 Å². The molecule has 1 saturated heterocycles. The van der Waals surface area contributed by atoms with Gasteiger partial charge in [0.2, 0.25) is 16.5 Å². The molecule has 0 radical (unpaired) electrons. The minimum Gasteiger partial charge on any atom is -0.477 e. The molecule has 14 nitrogen and oxygen atoms in total. The maximum atomic E-state index is 13.0. The number of hydrogen-bond donors (Lipinski definition) is 2. The van der Waals surface area contributed by atoms with Crippen LogP contribution < -0.4 is 20.5 Å². The summed E-state index contributed by atoms with van der Waals surface area (Å²) in [4.78, 5) is 54.8. The Hall–Kier alpha value is -4.47. The molecule has 2 N–H and O–H groups in total. The van der Waals surface area contributed by atoms with Gasteiger partial charge in [-0.05, 0) is 30.7 Å². The van der Waals surface area contributed by atoms with Crippen LogP contribution in [0.25, 0.3) is 16.2 Å². The Kier molecular flexibility index (Phi) is 8.70. The number of methoxy groups -OCH3 is 1. The minimum absolute atomic E-state index is 0.152. The molecule has 1 aliphatic rings. The van der Waals surface area contributed by atoms with Crippen LogP contribution in [0.1, 0.15) is 15.9 Å². The van der Waals surface area contributed by atoms with E-state index in [1.54, 1.807) is 32.4 Å². The van der Waals surface area contributed by atoms with Crippen LogP contribution in [0.15, 0.2) is 41.7 Å². The molecule has 0 unspecified atom stereocenters. The standard InChI is InChI=1S/C27H30N8O6S/c1-16-10-21(32-24-22(16)23(36)19(26(38)39)14-35(24)27-29-15-30-42-27)34-12-17(13-34)25(37)31-20-5-4-18(11-28-20)33(2)6-7-41-9-8-40-3/h4-5,10-11,14-15,17H,6-9,12-13H2,1-3H3,(H,38,39)(H,28,31,37). The number of nitrogens with zero attached hydrogens (tertiary/aromatic N) is 7. The highest BCUT2D eigenvalue weighted by molar-refractivity contribution is 7.08. The maximum absolute atomic E-state index is 13.0. The highest BCUT2D eigenvalue weighted by Gasteiger charge is 2.34. The number of aryl methyl sites for hydroxylation is 1. The summed E-state index contributed by atoms with van der Waals surface area (Å²) < 4.78 is 15.9. The molecule has 4 aromatic heterocycles. The monoisotopic (exact) mass is 594 g/mol. The summed E-state index contributed by atoms with van der Waals surface area (Å²) in [7, 11) is 3.58. The molecule has 0 aromatic carbocycles. The molecule has 0 aliphatic carbocycles. The molecule has 0 saturated carbocycles. The summed E-state index contributed by atoms with van der Waals surface area (Å²) in [6.07, 6.45) is 4.27. The molecule has 1 aliphatic heterocycles. The first kappa shape index (κ1) is 29.0. The average Bonchev–Trinajstić information content (AvgIpc) is 3.47. The van der Waals surface area contributed by atoms with E-state index >= 15 is 0 Å². The van der Waals surface area contributed by atoms with Gasteiger partial charge in [0.25, 0.3) is 0 Å². The van der Waals surface area contributed by atoms with Crippen LogP contribution in [0, 0.1) is 12.8 Å². The molecular weight excluding hydrogens is 564 g/mol. The SMILES string of the molecule is COCCOCCN(C)c1ccc(NC(=O)C2CN(c3cc(C)c4c(=O)c(C(=O)O)cn(-c5ncns5)c4n3)C2)nc1. The van der Waals surface area contributed by atoms with Crippen molar-refractivity contribution in [1.29, 1.82) is 0 Å². The number of aromatic nitrogens is 5. The zero-order valence-corrected chi connectivity index (χ0v) is 24.1. The number of amides is 1. The van der Waals surface area contributed by atoms with Crippen molar-refractivity contribution in [2.75, 3.05) is 68.7 Å². The molecule has 220 valence electrons. The largest absolute Gasteiger partial charge is 0.477 e. The predicted molar refractivity (Wildman–Crippen MR) is 157 cm³/mol. The third-order valence-corrected chi connectivity index (χ3v) is 7.61. The number of nitrogens with one attached hydrogen (secondary N) is 1. The smallest absolute Gasteiger partial charge is 0.341 e. The molecule has 5 heterocycles. The number of ether oxygens (including phenoxy) is 2. The van der Waals surface area contributed by atoms with Crippen molar-refractivity contribution in [2.24, 2.45) is 5.92 Å². The van der Waals surface area contributed by atoms with Crippen LogP contribution in [0.2, 0.25) is 0 Å². The number of likely N-dealkylation sites (N-methyl/N-ethyl adjacent to an activating group) is 1. The first-order valence-electron chi connectivity index (χ1n) is 13.1. The van der Waals surface area contributed by atoms with E-state index in [9.17, 15) is 19.5 Å². The zero-order chi connectivity index (χ0) is 29.8. The van der Waals surface area contributed by atoms with E-state index in [2.05, 4.69) is 24.6 Å². The topological polar surface area (TPSA) is 165 Å². The first-order chi connectivity index (χ1) is 20.3. The molecule has 0 atom stereocenters. The van der Waals surface area contributed by atoms with Crippen molar-refractivity contribution < 1.29 is 24.2 Å². The summed E-state index contributed by atoms with van der Waals surface area (Å²) in [5.74, 6) is -0.736. The van der Waals surface area contributed by atoms with E-state index in [0.29, 0.717) is 61.8 Å². The van der Waals surface area contributed by atoms with Crippen molar-refractivity contribution in [3.8, 4) is 5.13 Å². The zero-order valence-electron chi connectivity index (χ0n) is 23.3. The normalized spacial score (nSPS) is 13.3. The van der Waals surface area contributed by atoms with Gasteiger partial charge in [0.05, 0.1) is 43.0 Å². The Balaban J connectivity index is 1.24. The first-order valence-corrected chi connectivity index (χ1v) is 13.9. The molecule has 0 spiro atoms. The molecule has 5 rings (SSSR count). The van der Waals surface area contributed by atoms with Crippen molar-refractivity contribution >= 4 is 51.8 Å². The summed E-state index contributed by atoms with van der Waals surface area (Å²) in [5, 5.41) is 13.0. The lowest BCUT2D eigenvalue weighted by molar-refractivity contribution is -0.120. The Morgan fingerprint density at radius 1 is 1.21 bits per heavy atom. The number of carboxylic acid groups (broad SMARTS) is 1. The van der Waals surface area contributed by atoms with E-state index in [1.165, 1.54) is 17.1 Å². The van der Waals surface area contributed by atoms with Crippen molar-refractivity contribution in [3.05, 3.63) is 58.3 Å². The van der Waals surface area contributed by atoms with Crippen molar-refractivity contribution in [1.82, 2.24) is 23.9 Å². The quantitative estimate of drug-likeness (QED) is 0.229. The van der Waals surface area contributed by atoms with E-state index < -0.39 is 11.4 Å². The third-order valence-electron chi connectivity index (χ3n) is 6.95. The molecule has 1 amide bonds. The second-order valence-electron chi connectivity index (χ2n) is 9.79. The molecule has 0 bridgehead atoms. The lowest BCUT2D eigenvalue weighted by Crippen LogP contribution is -2.52. The minimum atomic E-state index is -1.33. The van der Waals surface area contributed by atoms with Crippen LogP contribution in [0.4, 0.5) is 17.3 Å². The molecule has 15 heteroatoms. The van der Waals surface area contributed by atoms with E-state index in [0.717, 1.165) is 17.2 Å². The molecule has 4 aromatic rings. The summed E-state index contributed by atoms with van der Waals surface area (Å²) in [6.45, 7) is 4.92. The number of aromatic carboxylic acids is 1. The lowest BCUT2D eigenvalue weighted by Gasteiger charge is -2.39. The van der Waals surface area contributed by atoms with E-state index in [1.807, 2.05) is 22.9 Å². The maximum Gasteiger partial charge on any atom is 0.341 e. The Morgan fingerprint density at radius 2 is 2.02 bits per heavy atom. The fraction of sp³-hybridized carbons (Fsp3) is 0.370. The number of anilines is 3. The highest BCUT2D eigenvalue weighted by atomic mass is 32.1. The van der Waals surface area contributed by atoms with Gasteiger partial charge in [0.1, 0.15) is 23.5 Å². The Morgan fingerprint density at radius 3 is 2.69 bits per heavy atom.